The lowest BCUT2D eigenvalue weighted by Gasteiger charge is -2.07. The van der Waals surface area contributed by atoms with E-state index in [1.807, 2.05) is 0 Å². The van der Waals surface area contributed by atoms with E-state index in [1.165, 1.54) is 12.1 Å². The number of primary sulfonamides is 1. The first-order chi connectivity index (χ1) is 8.40. The molecule has 0 fully saturated rings. The highest BCUT2D eigenvalue weighted by Gasteiger charge is 2.07. The first-order valence-corrected chi connectivity index (χ1v) is 7.57. The number of sulfonamides is 1. The van der Waals surface area contributed by atoms with Gasteiger partial charge in [-0.15, -0.1) is 0 Å². The molecule has 0 radical (unpaired) electrons. The predicted molar refractivity (Wildman–Crippen MR) is 68.7 cm³/mol. The van der Waals surface area contributed by atoms with Gasteiger partial charge in [0.2, 0.25) is 10.0 Å². The Morgan fingerprint density at radius 3 is 2.67 bits per heavy atom. The van der Waals surface area contributed by atoms with Crippen molar-refractivity contribution in [1.82, 2.24) is 0 Å². The maximum Gasteiger partial charge on any atom is 0.209 e. The number of hydrogen-bond donors (Lipinski definition) is 1. The molecule has 0 saturated heterocycles. The molecule has 4 nitrogen and oxygen atoms in total. The third-order valence-corrected chi connectivity index (χ3v) is 3.40. The molecular formula is C11H15ClFNO3S. The molecule has 0 unspecified atom stereocenters. The molecule has 0 heterocycles. The number of hydrogen-bond acceptors (Lipinski definition) is 3. The highest BCUT2D eigenvalue weighted by molar-refractivity contribution is 7.89. The van der Waals surface area contributed by atoms with Crippen LogP contribution in [0.25, 0.3) is 0 Å². The van der Waals surface area contributed by atoms with Gasteiger partial charge in [0.1, 0.15) is 0 Å². The summed E-state index contributed by atoms with van der Waals surface area (Å²) < 4.78 is 39.9. The Hall–Kier alpha value is -0.850. The molecule has 2 N–H and O–H groups in total. The largest absolute Gasteiger partial charge is 0.490 e. The molecular weight excluding hydrogens is 281 g/mol. The summed E-state index contributed by atoms with van der Waals surface area (Å²) in [5.41, 5.74) is 0. The Morgan fingerprint density at radius 2 is 2.00 bits per heavy atom. The zero-order chi connectivity index (χ0) is 13.6. The van der Waals surface area contributed by atoms with Crippen molar-refractivity contribution in [1.29, 1.82) is 0 Å². The molecule has 0 bridgehead atoms. The van der Waals surface area contributed by atoms with Gasteiger partial charge in [0, 0.05) is 0 Å². The van der Waals surface area contributed by atoms with E-state index in [0.717, 1.165) is 0 Å². The molecule has 1 rings (SSSR count). The summed E-state index contributed by atoms with van der Waals surface area (Å²) in [5.74, 6) is -0.518. The standard InChI is InChI=1S/C11H15ClFNO3S/c12-9-5-4-6-10(11(9)13)17-7-2-1-3-8-18(14,15)16/h4-6H,1-3,7-8H2,(H2,14,15,16). The summed E-state index contributed by atoms with van der Waals surface area (Å²) >= 11 is 5.59. The maximum atomic E-state index is 13.4. The fraction of sp³-hybridized carbons (Fsp3) is 0.455. The van der Waals surface area contributed by atoms with Gasteiger partial charge in [-0.05, 0) is 31.4 Å². The Labute approximate surface area is 111 Å². The molecule has 0 atom stereocenters. The summed E-state index contributed by atoms with van der Waals surface area (Å²) in [4.78, 5) is 0. The summed E-state index contributed by atoms with van der Waals surface area (Å²) in [5, 5.41) is 4.87. The van der Waals surface area contributed by atoms with Crippen molar-refractivity contribution in [2.45, 2.75) is 19.3 Å². The van der Waals surface area contributed by atoms with Crippen LogP contribution < -0.4 is 9.88 Å². The molecule has 1 aromatic rings. The number of ether oxygens (including phenoxy) is 1. The zero-order valence-corrected chi connectivity index (χ0v) is 11.3. The van der Waals surface area contributed by atoms with E-state index in [4.69, 9.17) is 21.5 Å². The van der Waals surface area contributed by atoms with Crippen molar-refractivity contribution < 1.29 is 17.5 Å². The van der Waals surface area contributed by atoms with Crippen LogP contribution >= 0.6 is 11.6 Å². The average Bonchev–Trinajstić information content (AvgIpc) is 2.27. The quantitative estimate of drug-likeness (QED) is 0.785. The first-order valence-electron chi connectivity index (χ1n) is 5.47. The van der Waals surface area contributed by atoms with Gasteiger partial charge < -0.3 is 4.74 Å². The van der Waals surface area contributed by atoms with Crippen molar-refractivity contribution in [2.75, 3.05) is 12.4 Å². The van der Waals surface area contributed by atoms with Crippen LogP contribution in [0.4, 0.5) is 4.39 Å². The minimum atomic E-state index is -3.39. The van der Waals surface area contributed by atoms with E-state index >= 15 is 0 Å². The predicted octanol–water partition coefficient (Wildman–Crippen LogP) is 2.32. The van der Waals surface area contributed by atoms with Gasteiger partial charge in [0.05, 0.1) is 17.4 Å². The van der Waals surface area contributed by atoms with Crippen molar-refractivity contribution >= 4 is 21.6 Å². The van der Waals surface area contributed by atoms with Gasteiger partial charge in [-0.2, -0.15) is 0 Å². The van der Waals surface area contributed by atoms with Gasteiger partial charge in [-0.1, -0.05) is 17.7 Å². The molecule has 0 aliphatic carbocycles. The highest BCUT2D eigenvalue weighted by Crippen LogP contribution is 2.24. The number of nitrogens with two attached hydrogens (primary N) is 1. The number of halogens is 2. The molecule has 0 aliphatic rings. The lowest BCUT2D eigenvalue weighted by molar-refractivity contribution is 0.291. The number of rotatable bonds is 7. The lowest BCUT2D eigenvalue weighted by Crippen LogP contribution is -2.16. The van der Waals surface area contributed by atoms with Crippen LogP contribution in [-0.4, -0.2) is 20.8 Å². The second kappa shape index (κ2) is 6.92. The van der Waals surface area contributed by atoms with Gasteiger partial charge in [0.15, 0.2) is 11.6 Å². The lowest BCUT2D eigenvalue weighted by atomic mass is 10.2. The van der Waals surface area contributed by atoms with Crippen LogP contribution in [0, 0.1) is 5.82 Å². The number of benzene rings is 1. The molecule has 7 heteroatoms. The van der Waals surface area contributed by atoms with Crippen LogP contribution in [0.3, 0.4) is 0 Å². The van der Waals surface area contributed by atoms with Gasteiger partial charge in [-0.25, -0.2) is 17.9 Å². The first kappa shape index (κ1) is 15.2. The third-order valence-electron chi connectivity index (χ3n) is 2.25. The fourth-order valence-electron chi connectivity index (χ4n) is 1.36. The molecule has 0 aliphatic heterocycles. The van der Waals surface area contributed by atoms with Crippen LogP contribution in [0.5, 0.6) is 5.75 Å². The van der Waals surface area contributed by atoms with Crippen LogP contribution in [0.1, 0.15) is 19.3 Å². The second-order valence-corrected chi connectivity index (χ2v) is 5.97. The van der Waals surface area contributed by atoms with Crippen LogP contribution in [0.2, 0.25) is 5.02 Å². The molecule has 0 spiro atoms. The van der Waals surface area contributed by atoms with E-state index in [0.29, 0.717) is 25.9 Å². The Balaban J connectivity index is 2.24. The SMILES string of the molecule is NS(=O)(=O)CCCCCOc1cccc(Cl)c1F. The minimum absolute atomic E-state index is 0.0155. The highest BCUT2D eigenvalue weighted by atomic mass is 35.5. The van der Waals surface area contributed by atoms with Gasteiger partial charge >= 0.3 is 0 Å². The minimum Gasteiger partial charge on any atom is -0.490 e. The molecule has 1 aromatic carbocycles. The third kappa shape index (κ3) is 5.66. The summed E-state index contributed by atoms with van der Waals surface area (Å²) in [7, 11) is -3.39. The summed E-state index contributed by atoms with van der Waals surface area (Å²) in [6.45, 7) is 0.307. The Morgan fingerprint density at radius 1 is 1.28 bits per heavy atom. The molecule has 18 heavy (non-hydrogen) atoms. The smallest absolute Gasteiger partial charge is 0.209 e. The Kier molecular flexibility index (Phi) is 5.84. The van der Waals surface area contributed by atoms with E-state index < -0.39 is 15.8 Å². The van der Waals surface area contributed by atoms with E-state index in [2.05, 4.69) is 0 Å². The molecule has 102 valence electrons. The normalized spacial score (nSPS) is 11.5. The molecule has 0 amide bonds. The summed E-state index contributed by atoms with van der Waals surface area (Å²) in [6, 6.07) is 4.53. The summed E-state index contributed by atoms with van der Waals surface area (Å²) in [6.07, 6.45) is 1.75. The van der Waals surface area contributed by atoms with Crippen LogP contribution in [-0.2, 0) is 10.0 Å². The second-order valence-electron chi connectivity index (χ2n) is 3.83. The molecule has 0 saturated carbocycles. The monoisotopic (exact) mass is 295 g/mol. The number of unbranched alkanes of at least 4 members (excludes halogenated alkanes) is 2. The van der Waals surface area contributed by atoms with E-state index in [9.17, 15) is 12.8 Å². The Bertz CT molecular complexity index is 493. The zero-order valence-electron chi connectivity index (χ0n) is 9.73. The van der Waals surface area contributed by atoms with Crippen molar-refractivity contribution in [2.24, 2.45) is 5.14 Å². The van der Waals surface area contributed by atoms with E-state index in [-0.39, 0.29) is 16.5 Å². The van der Waals surface area contributed by atoms with Crippen LogP contribution in [0.15, 0.2) is 18.2 Å². The van der Waals surface area contributed by atoms with Crippen molar-refractivity contribution in [3.63, 3.8) is 0 Å². The van der Waals surface area contributed by atoms with Crippen molar-refractivity contribution in [3.8, 4) is 5.75 Å². The fourth-order valence-corrected chi connectivity index (χ4v) is 2.13. The average molecular weight is 296 g/mol. The van der Waals surface area contributed by atoms with E-state index in [1.54, 1.807) is 6.07 Å². The topological polar surface area (TPSA) is 69.4 Å². The molecule has 0 aromatic heterocycles. The van der Waals surface area contributed by atoms with Crippen molar-refractivity contribution in [3.05, 3.63) is 29.0 Å². The van der Waals surface area contributed by atoms with Gasteiger partial charge in [0.25, 0.3) is 0 Å². The van der Waals surface area contributed by atoms with Gasteiger partial charge in [-0.3, -0.25) is 0 Å². The maximum absolute atomic E-state index is 13.4.